The van der Waals surface area contributed by atoms with Gasteiger partial charge in [0, 0.05) is 55.4 Å². The molecular weight excluding hydrogens is 444 g/mol. The van der Waals surface area contributed by atoms with Crippen LogP contribution in [0.15, 0.2) is 78.9 Å². The number of rotatable bonds is 6. The van der Waals surface area contributed by atoms with Crippen LogP contribution in [-0.4, -0.2) is 46.3 Å². The molecule has 1 saturated heterocycles. The molecule has 34 heavy (non-hydrogen) atoms. The Morgan fingerprint density at radius 2 is 1.62 bits per heavy atom. The van der Waals surface area contributed by atoms with Gasteiger partial charge in [0.15, 0.2) is 5.82 Å². The van der Waals surface area contributed by atoms with Crippen LogP contribution in [0.25, 0.3) is 0 Å². The minimum Gasteiger partial charge on any atom is -0.430 e. The first kappa shape index (κ1) is 22.1. The molecule has 1 fully saturated rings. The lowest BCUT2D eigenvalue weighted by Gasteiger charge is -2.36. The molecule has 0 unspecified atom stereocenters. The maximum Gasteiger partial charge on any atom is 0.298 e. The second-order valence-corrected chi connectivity index (χ2v) is 9.05. The first-order valence-corrected chi connectivity index (χ1v) is 12.2. The Morgan fingerprint density at radius 3 is 2.35 bits per heavy atom. The highest BCUT2D eigenvalue weighted by Crippen LogP contribution is 2.25. The van der Waals surface area contributed by atoms with E-state index in [0.29, 0.717) is 36.0 Å². The number of carbonyl (C=O) groups excluding carboxylic acids is 1. The molecule has 1 amide bonds. The summed E-state index contributed by atoms with van der Waals surface area (Å²) < 4.78 is 10.3. The molecule has 1 aromatic heterocycles. The van der Waals surface area contributed by atoms with Crippen molar-refractivity contribution < 1.29 is 9.53 Å². The summed E-state index contributed by atoms with van der Waals surface area (Å²) in [6.07, 6.45) is 0.672. The zero-order chi connectivity index (χ0) is 23.3. The van der Waals surface area contributed by atoms with Gasteiger partial charge in [0.25, 0.3) is 11.1 Å². The smallest absolute Gasteiger partial charge is 0.298 e. The van der Waals surface area contributed by atoms with Crippen LogP contribution in [0.2, 0.25) is 0 Å². The largest absolute Gasteiger partial charge is 0.430 e. The van der Waals surface area contributed by atoms with Gasteiger partial charge in [-0.3, -0.25) is 4.79 Å². The number of ether oxygens (including phenoxy) is 1. The van der Waals surface area contributed by atoms with Gasteiger partial charge in [-0.1, -0.05) is 48.5 Å². The van der Waals surface area contributed by atoms with Gasteiger partial charge in [-0.2, -0.15) is 9.36 Å². The highest BCUT2D eigenvalue weighted by Gasteiger charge is 2.23. The lowest BCUT2D eigenvalue weighted by Crippen LogP contribution is -2.49. The molecular formula is C27H26N4O2S. The molecule has 7 heteroatoms. The summed E-state index contributed by atoms with van der Waals surface area (Å²) in [6, 6.07) is 25.8. The van der Waals surface area contributed by atoms with Gasteiger partial charge in [-0.25, -0.2) is 0 Å². The summed E-state index contributed by atoms with van der Waals surface area (Å²) in [4.78, 5) is 21.8. The molecule has 0 N–H and O–H groups in total. The Bertz CT molecular complexity index is 1250. The average Bonchev–Trinajstić information content (AvgIpc) is 3.31. The molecule has 4 aromatic rings. The number of hydrogen-bond acceptors (Lipinski definition) is 6. The van der Waals surface area contributed by atoms with E-state index >= 15 is 0 Å². The molecule has 1 aliphatic rings. The van der Waals surface area contributed by atoms with Gasteiger partial charge < -0.3 is 14.5 Å². The molecule has 0 spiro atoms. The molecule has 2 heterocycles. The zero-order valence-electron chi connectivity index (χ0n) is 19.1. The van der Waals surface area contributed by atoms with Crippen LogP contribution in [0.5, 0.6) is 10.9 Å². The van der Waals surface area contributed by atoms with Gasteiger partial charge >= 0.3 is 0 Å². The second kappa shape index (κ2) is 10.1. The van der Waals surface area contributed by atoms with E-state index in [1.54, 1.807) is 0 Å². The molecule has 172 valence electrons. The van der Waals surface area contributed by atoms with Gasteiger partial charge in [0.05, 0.1) is 0 Å². The number of piperazine rings is 1. The standard InChI is InChI=1S/C27H26N4O2S/c1-20-7-5-6-10-24(20)30-15-17-31(18-16-30)26(32)22-11-13-23(14-12-22)33-27-28-25(29-34-27)19-21-8-3-2-4-9-21/h2-14H,15-19H2,1H3. The van der Waals surface area contributed by atoms with Crippen LogP contribution in [0.3, 0.4) is 0 Å². The predicted octanol–water partition coefficient (Wildman–Crippen LogP) is 5.19. The Hall–Kier alpha value is -3.71. The van der Waals surface area contributed by atoms with Crippen molar-refractivity contribution in [3.63, 3.8) is 0 Å². The molecule has 5 rings (SSSR count). The summed E-state index contributed by atoms with van der Waals surface area (Å²) in [6.45, 7) is 5.21. The summed E-state index contributed by atoms with van der Waals surface area (Å²) >= 11 is 1.23. The number of benzene rings is 3. The zero-order valence-corrected chi connectivity index (χ0v) is 19.9. The SMILES string of the molecule is Cc1ccccc1N1CCN(C(=O)c2ccc(Oc3nc(Cc4ccccc4)ns3)cc2)CC1. The van der Waals surface area contributed by atoms with Gasteiger partial charge in [-0.15, -0.1) is 0 Å². The van der Waals surface area contributed by atoms with Crippen molar-refractivity contribution in [2.45, 2.75) is 13.3 Å². The quantitative estimate of drug-likeness (QED) is 0.388. The van der Waals surface area contributed by atoms with E-state index in [0.717, 1.165) is 24.5 Å². The van der Waals surface area contributed by atoms with E-state index in [1.807, 2.05) is 47.4 Å². The molecule has 0 aliphatic carbocycles. The first-order chi connectivity index (χ1) is 16.7. The third-order valence-corrected chi connectivity index (χ3v) is 6.62. The van der Waals surface area contributed by atoms with E-state index in [4.69, 9.17) is 4.74 Å². The van der Waals surface area contributed by atoms with E-state index in [2.05, 4.69) is 57.6 Å². The first-order valence-electron chi connectivity index (χ1n) is 11.4. The fourth-order valence-corrected chi connectivity index (χ4v) is 4.72. The van der Waals surface area contributed by atoms with Crippen LogP contribution in [0.4, 0.5) is 5.69 Å². The van der Waals surface area contributed by atoms with Crippen LogP contribution in [0.1, 0.15) is 27.3 Å². The number of amides is 1. The Kier molecular flexibility index (Phi) is 6.53. The van der Waals surface area contributed by atoms with Gasteiger partial charge in [0.2, 0.25) is 0 Å². The summed E-state index contributed by atoms with van der Waals surface area (Å²) in [5.41, 5.74) is 4.34. The topological polar surface area (TPSA) is 58.6 Å². The highest BCUT2D eigenvalue weighted by atomic mass is 32.1. The average molecular weight is 471 g/mol. The summed E-state index contributed by atoms with van der Waals surface area (Å²) in [5.74, 6) is 1.43. The Labute approximate surface area is 203 Å². The molecule has 0 radical (unpaired) electrons. The van der Waals surface area contributed by atoms with Crippen molar-refractivity contribution in [2.24, 2.45) is 0 Å². The predicted molar refractivity (Wildman–Crippen MR) is 135 cm³/mol. The van der Waals surface area contributed by atoms with Gasteiger partial charge in [0.1, 0.15) is 5.75 Å². The number of hydrogen-bond donors (Lipinski definition) is 0. The molecule has 0 bridgehead atoms. The number of aryl methyl sites for hydroxylation is 1. The second-order valence-electron chi connectivity index (χ2n) is 8.33. The monoisotopic (exact) mass is 470 g/mol. The summed E-state index contributed by atoms with van der Waals surface area (Å²) in [7, 11) is 0. The molecule has 3 aromatic carbocycles. The van der Waals surface area contributed by atoms with Crippen molar-refractivity contribution in [3.05, 3.63) is 101 Å². The van der Waals surface area contributed by atoms with Crippen molar-refractivity contribution in [1.29, 1.82) is 0 Å². The van der Waals surface area contributed by atoms with Crippen molar-refractivity contribution in [3.8, 4) is 10.9 Å². The molecule has 0 atom stereocenters. The van der Waals surface area contributed by atoms with Crippen LogP contribution < -0.4 is 9.64 Å². The van der Waals surface area contributed by atoms with E-state index in [-0.39, 0.29) is 5.91 Å². The minimum atomic E-state index is 0.0528. The number of nitrogens with zero attached hydrogens (tertiary/aromatic N) is 4. The number of aromatic nitrogens is 2. The fraction of sp³-hybridized carbons (Fsp3) is 0.222. The third-order valence-electron chi connectivity index (χ3n) is 5.98. The van der Waals surface area contributed by atoms with Crippen molar-refractivity contribution >= 4 is 23.1 Å². The number of anilines is 1. The van der Waals surface area contributed by atoms with Gasteiger partial charge in [-0.05, 0) is 48.4 Å². The third kappa shape index (κ3) is 5.10. The maximum atomic E-state index is 13.0. The van der Waals surface area contributed by atoms with Crippen LogP contribution in [0, 0.1) is 6.92 Å². The fourth-order valence-electron chi connectivity index (χ4n) is 4.15. The normalized spacial score (nSPS) is 13.7. The maximum absolute atomic E-state index is 13.0. The minimum absolute atomic E-state index is 0.0528. The van der Waals surface area contributed by atoms with Crippen LogP contribution in [-0.2, 0) is 6.42 Å². The molecule has 6 nitrogen and oxygen atoms in total. The number of para-hydroxylation sites is 1. The lowest BCUT2D eigenvalue weighted by atomic mass is 10.1. The number of carbonyl (C=O) groups is 1. The van der Waals surface area contributed by atoms with Crippen LogP contribution >= 0.6 is 11.5 Å². The summed E-state index contributed by atoms with van der Waals surface area (Å²) in [5, 5.41) is 0.498. The lowest BCUT2D eigenvalue weighted by molar-refractivity contribution is 0.0747. The Morgan fingerprint density at radius 1 is 0.912 bits per heavy atom. The van der Waals surface area contributed by atoms with E-state index in [1.165, 1.54) is 22.8 Å². The van der Waals surface area contributed by atoms with Crippen molar-refractivity contribution in [2.75, 3.05) is 31.1 Å². The van der Waals surface area contributed by atoms with E-state index in [9.17, 15) is 4.79 Å². The highest BCUT2D eigenvalue weighted by molar-refractivity contribution is 7.07. The van der Waals surface area contributed by atoms with E-state index < -0.39 is 0 Å². The molecule has 1 aliphatic heterocycles. The molecule has 0 saturated carbocycles. The van der Waals surface area contributed by atoms with Crippen molar-refractivity contribution in [1.82, 2.24) is 14.3 Å². The Balaban J connectivity index is 1.16.